The molecule has 1 aliphatic heterocycles. The molecule has 1 atom stereocenters. The highest BCUT2D eigenvalue weighted by Crippen LogP contribution is 2.36. The highest BCUT2D eigenvalue weighted by Gasteiger charge is 2.25. The number of rotatable bonds is 4. The van der Waals surface area contributed by atoms with E-state index in [2.05, 4.69) is 26.4 Å². The van der Waals surface area contributed by atoms with Gasteiger partial charge in [0.25, 0.3) is 0 Å². The molecule has 2 fully saturated rings. The Kier molecular flexibility index (Phi) is 2.82. The van der Waals surface area contributed by atoms with E-state index >= 15 is 0 Å². The molecule has 0 amide bonds. The molecule has 0 spiro atoms. The summed E-state index contributed by atoms with van der Waals surface area (Å²) in [6.07, 6.45) is 9.28. The molecular formula is C12H20N4. The van der Waals surface area contributed by atoms with Crippen LogP contribution in [0.4, 0.5) is 5.95 Å². The van der Waals surface area contributed by atoms with Gasteiger partial charge in [0, 0.05) is 25.0 Å². The van der Waals surface area contributed by atoms with Crippen molar-refractivity contribution in [1.82, 2.24) is 14.9 Å². The predicted molar refractivity (Wildman–Crippen MR) is 64.6 cm³/mol. The SMILES string of the molecule is c1cn(C2CC2)c(NCC2CCCNC2)n1. The van der Waals surface area contributed by atoms with E-state index in [1.807, 2.05) is 6.20 Å². The molecular weight excluding hydrogens is 200 g/mol. The number of hydrogen-bond donors (Lipinski definition) is 2. The van der Waals surface area contributed by atoms with Crippen LogP contribution in [0.2, 0.25) is 0 Å². The van der Waals surface area contributed by atoms with Gasteiger partial charge in [-0.05, 0) is 44.7 Å². The molecule has 2 aliphatic rings. The molecule has 4 nitrogen and oxygen atoms in total. The maximum Gasteiger partial charge on any atom is 0.203 e. The molecule has 1 aromatic heterocycles. The fourth-order valence-corrected chi connectivity index (χ4v) is 2.43. The van der Waals surface area contributed by atoms with Crippen LogP contribution in [0.15, 0.2) is 12.4 Å². The molecule has 1 saturated heterocycles. The molecule has 0 bridgehead atoms. The molecule has 1 saturated carbocycles. The zero-order valence-electron chi connectivity index (χ0n) is 9.65. The third-order valence-corrected chi connectivity index (χ3v) is 3.56. The third-order valence-electron chi connectivity index (χ3n) is 3.56. The van der Waals surface area contributed by atoms with Crippen molar-refractivity contribution in [3.63, 3.8) is 0 Å². The van der Waals surface area contributed by atoms with Crippen molar-refractivity contribution in [1.29, 1.82) is 0 Å². The van der Waals surface area contributed by atoms with Gasteiger partial charge in [-0.3, -0.25) is 0 Å². The topological polar surface area (TPSA) is 41.9 Å². The highest BCUT2D eigenvalue weighted by molar-refractivity contribution is 5.27. The molecule has 88 valence electrons. The van der Waals surface area contributed by atoms with Crippen LogP contribution < -0.4 is 10.6 Å². The average molecular weight is 220 g/mol. The van der Waals surface area contributed by atoms with E-state index in [1.54, 1.807) is 0 Å². The minimum Gasteiger partial charge on any atom is -0.355 e. The molecule has 16 heavy (non-hydrogen) atoms. The number of hydrogen-bond acceptors (Lipinski definition) is 3. The minimum absolute atomic E-state index is 0.717. The summed E-state index contributed by atoms with van der Waals surface area (Å²) < 4.78 is 2.29. The van der Waals surface area contributed by atoms with E-state index in [-0.39, 0.29) is 0 Å². The van der Waals surface area contributed by atoms with Gasteiger partial charge in [0.1, 0.15) is 0 Å². The Hall–Kier alpha value is -1.03. The van der Waals surface area contributed by atoms with Gasteiger partial charge in [-0.1, -0.05) is 0 Å². The van der Waals surface area contributed by atoms with E-state index in [9.17, 15) is 0 Å². The number of nitrogens with one attached hydrogen (secondary N) is 2. The largest absolute Gasteiger partial charge is 0.355 e. The Balaban J connectivity index is 1.54. The summed E-state index contributed by atoms with van der Waals surface area (Å²) in [5, 5.41) is 6.94. The summed E-state index contributed by atoms with van der Waals surface area (Å²) in [6.45, 7) is 3.39. The lowest BCUT2D eigenvalue weighted by atomic mass is 10.00. The predicted octanol–water partition coefficient (Wildman–Crippen LogP) is 1.63. The quantitative estimate of drug-likeness (QED) is 0.810. The van der Waals surface area contributed by atoms with Crippen molar-refractivity contribution in [3.8, 4) is 0 Å². The average Bonchev–Trinajstić information content (AvgIpc) is 3.07. The van der Waals surface area contributed by atoms with Crippen LogP contribution in [-0.2, 0) is 0 Å². The van der Waals surface area contributed by atoms with Gasteiger partial charge in [-0.25, -0.2) is 4.98 Å². The fraction of sp³-hybridized carbons (Fsp3) is 0.750. The van der Waals surface area contributed by atoms with Crippen molar-refractivity contribution < 1.29 is 0 Å². The second-order valence-corrected chi connectivity index (χ2v) is 4.98. The number of anilines is 1. The van der Waals surface area contributed by atoms with E-state index in [4.69, 9.17) is 0 Å². The summed E-state index contributed by atoms with van der Waals surface area (Å²) in [7, 11) is 0. The first-order chi connectivity index (χ1) is 7.93. The van der Waals surface area contributed by atoms with Crippen LogP contribution in [-0.4, -0.2) is 29.2 Å². The lowest BCUT2D eigenvalue weighted by Gasteiger charge is -2.23. The van der Waals surface area contributed by atoms with Crippen LogP contribution in [0.25, 0.3) is 0 Å². The number of imidazole rings is 1. The van der Waals surface area contributed by atoms with Crippen LogP contribution in [0.5, 0.6) is 0 Å². The van der Waals surface area contributed by atoms with Crippen molar-refractivity contribution in [2.75, 3.05) is 25.0 Å². The van der Waals surface area contributed by atoms with Crippen molar-refractivity contribution in [2.45, 2.75) is 31.7 Å². The molecule has 1 aliphatic carbocycles. The molecule has 1 unspecified atom stereocenters. The Morgan fingerprint density at radius 1 is 1.44 bits per heavy atom. The summed E-state index contributed by atoms with van der Waals surface area (Å²) in [6, 6.07) is 0.717. The Bertz CT molecular complexity index is 337. The van der Waals surface area contributed by atoms with Gasteiger partial charge >= 0.3 is 0 Å². The molecule has 0 radical (unpaired) electrons. The zero-order valence-corrected chi connectivity index (χ0v) is 9.65. The first kappa shape index (κ1) is 10.1. The smallest absolute Gasteiger partial charge is 0.203 e. The summed E-state index contributed by atoms with van der Waals surface area (Å²) >= 11 is 0. The third kappa shape index (κ3) is 2.21. The van der Waals surface area contributed by atoms with Crippen LogP contribution >= 0.6 is 0 Å². The van der Waals surface area contributed by atoms with Crippen LogP contribution in [0, 0.1) is 5.92 Å². The highest BCUT2D eigenvalue weighted by atomic mass is 15.2. The normalized spacial score (nSPS) is 25.6. The van der Waals surface area contributed by atoms with E-state index in [0.29, 0.717) is 0 Å². The first-order valence-electron chi connectivity index (χ1n) is 6.41. The van der Waals surface area contributed by atoms with Gasteiger partial charge in [0.05, 0.1) is 0 Å². The van der Waals surface area contributed by atoms with Crippen molar-refractivity contribution >= 4 is 5.95 Å². The molecule has 2 heterocycles. The Labute approximate surface area is 96.4 Å². The van der Waals surface area contributed by atoms with Crippen LogP contribution in [0.1, 0.15) is 31.7 Å². The number of piperidine rings is 1. The lowest BCUT2D eigenvalue weighted by molar-refractivity contribution is 0.392. The second kappa shape index (κ2) is 4.45. The van der Waals surface area contributed by atoms with Gasteiger partial charge in [0.15, 0.2) is 0 Å². The minimum atomic E-state index is 0.717. The maximum absolute atomic E-state index is 4.39. The van der Waals surface area contributed by atoms with Crippen molar-refractivity contribution in [2.24, 2.45) is 5.92 Å². The maximum atomic E-state index is 4.39. The second-order valence-electron chi connectivity index (χ2n) is 4.98. The fourth-order valence-electron chi connectivity index (χ4n) is 2.43. The standard InChI is InChI=1S/C12H20N4/c1-2-10(8-13-5-1)9-15-12-14-6-7-16(12)11-3-4-11/h6-7,10-11,13H,1-5,8-9H2,(H,14,15). The number of aromatic nitrogens is 2. The summed E-state index contributed by atoms with van der Waals surface area (Å²) in [5.41, 5.74) is 0. The van der Waals surface area contributed by atoms with Crippen LogP contribution in [0.3, 0.4) is 0 Å². The van der Waals surface area contributed by atoms with E-state index in [0.717, 1.165) is 31.0 Å². The summed E-state index contributed by atoms with van der Waals surface area (Å²) in [5.74, 6) is 1.83. The summed E-state index contributed by atoms with van der Waals surface area (Å²) in [4.78, 5) is 4.39. The van der Waals surface area contributed by atoms with Gasteiger partial charge in [-0.2, -0.15) is 0 Å². The molecule has 0 aromatic carbocycles. The lowest BCUT2D eigenvalue weighted by Crippen LogP contribution is -2.33. The molecule has 1 aromatic rings. The number of nitrogens with zero attached hydrogens (tertiary/aromatic N) is 2. The van der Waals surface area contributed by atoms with E-state index < -0.39 is 0 Å². The monoisotopic (exact) mass is 220 g/mol. The molecule has 4 heteroatoms. The van der Waals surface area contributed by atoms with E-state index in [1.165, 1.54) is 32.2 Å². The zero-order chi connectivity index (χ0) is 10.8. The van der Waals surface area contributed by atoms with Gasteiger partial charge in [0.2, 0.25) is 5.95 Å². The Morgan fingerprint density at radius 2 is 2.38 bits per heavy atom. The van der Waals surface area contributed by atoms with Gasteiger partial charge < -0.3 is 15.2 Å². The Morgan fingerprint density at radius 3 is 3.12 bits per heavy atom. The molecule has 3 rings (SSSR count). The van der Waals surface area contributed by atoms with Gasteiger partial charge in [-0.15, -0.1) is 0 Å². The van der Waals surface area contributed by atoms with Crippen molar-refractivity contribution in [3.05, 3.63) is 12.4 Å². The molecule has 2 N–H and O–H groups in total. The first-order valence-corrected chi connectivity index (χ1v) is 6.41.